The SMILES string of the molecule is CC(C)OCCN(C)CCNC(C)c1cccs1. The standard InChI is InChI=1S/C14H26N2OS/c1-12(2)17-10-9-16(4)8-7-15-13(3)14-6-5-11-18-14/h5-6,11-13,15H,7-10H2,1-4H3. The molecule has 0 spiro atoms. The average Bonchev–Trinajstić information content (AvgIpc) is 2.81. The lowest BCUT2D eigenvalue weighted by Gasteiger charge is -2.19. The van der Waals surface area contributed by atoms with E-state index in [0.717, 1.165) is 26.2 Å². The second-order valence-electron chi connectivity index (χ2n) is 4.91. The molecule has 1 heterocycles. The molecule has 0 aliphatic heterocycles. The Bertz CT molecular complexity index is 301. The Hall–Kier alpha value is -0.420. The number of nitrogens with zero attached hydrogens (tertiary/aromatic N) is 1. The maximum atomic E-state index is 5.54. The molecule has 1 rings (SSSR count). The Morgan fingerprint density at radius 3 is 2.72 bits per heavy atom. The van der Waals surface area contributed by atoms with Crippen LogP contribution in [0.25, 0.3) is 0 Å². The lowest BCUT2D eigenvalue weighted by atomic mass is 10.3. The number of likely N-dealkylation sites (N-methyl/N-ethyl adjacent to an activating group) is 1. The number of nitrogens with one attached hydrogen (secondary N) is 1. The van der Waals surface area contributed by atoms with Crippen LogP contribution in [0.3, 0.4) is 0 Å². The molecule has 104 valence electrons. The van der Waals surface area contributed by atoms with Crippen LogP contribution in [0.15, 0.2) is 17.5 Å². The van der Waals surface area contributed by atoms with Gasteiger partial charge in [0.2, 0.25) is 0 Å². The van der Waals surface area contributed by atoms with Gasteiger partial charge in [-0.3, -0.25) is 0 Å². The smallest absolute Gasteiger partial charge is 0.0596 e. The molecule has 3 nitrogen and oxygen atoms in total. The van der Waals surface area contributed by atoms with E-state index in [-0.39, 0.29) is 0 Å². The predicted molar refractivity (Wildman–Crippen MR) is 79.3 cm³/mol. The minimum atomic E-state index is 0.329. The third-order valence-electron chi connectivity index (χ3n) is 2.84. The van der Waals surface area contributed by atoms with Crippen molar-refractivity contribution in [3.8, 4) is 0 Å². The van der Waals surface area contributed by atoms with Gasteiger partial charge in [-0.05, 0) is 39.3 Å². The summed E-state index contributed by atoms with van der Waals surface area (Å²) in [4.78, 5) is 3.71. The van der Waals surface area contributed by atoms with Gasteiger partial charge in [-0.25, -0.2) is 0 Å². The molecular formula is C14H26N2OS. The minimum absolute atomic E-state index is 0.329. The van der Waals surface area contributed by atoms with E-state index in [4.69, 9.17) is 4.74 Å². The fourth-order valence-corrected chi connectivity index (χ4v) is 2.43. The Morgan fingerprint density at radius 2 is 2.11 bits per heavy atom. The normalized spacial score (nSPS) is 13.4. The van der Waals surface area contributed by atoms with Gasteiger partial charge in [-0.15, -0.1) is 11.3 Å². The number of thiophene rings is 1. The van der Waals surface area contributed by atoms with Crippen molar-refractivity contribution in [2.75, 3.05) is 33.3 Å². The molecule has 4 heteroatoms. The Balaban J connectivity index is 2.06. The fraction of sp³-hybridized carbons (Fsp3) is 0.714. The zero-order valence-electron chi connectivity index (χ0n) is 12.0. The van der Waals surface area contributed by atoms with Gasteiger partial charge in [-0.2, -0.15) is 0 Å². The van der Waals surface area contributed by atoms with Gasteiger partial charge in [0.25, 0.3) is 0 Å². The molecule has 1 aromatic heterocycles. The lowest BCUT2D eigenvalue weighted by Crippen LogP contribution is -2.32. The van der Waals surface area contributed by atoms with E-state index < -0.39 is 0 Å². The van der Waals surface area contributed by atoms with Crippen molar-refractivity contribution >= 4 is 11.3 Å². The third-order valence-corrected chi connectivity index (χ3v) is 3.89. The maximum Gasteiger partial charge on any atom is 0.0596 e. The van der Waals surface area contributed by atoms with Gasteiger partial charge >= 0.3 is 0 Å². The summed E-state index contributed by atoms with van der Waals surface area (Å²) in [6.45, 7) is 10.2. The van der Waals surface area contributed by atoms with Crippen LogP contribution in [0.2, 0.25) is 0 Å². The van der Waals surface area contributed by atoms with Crippen LogP contribution in [0, 0.1) is 0 Å². The van der Waals surface area contributed by atoms with Crippen molar-refractivity contribution in [2.45, 2.75) is 32.9 Å². The van der Waals surface area contributed by atoms with E-state index in [0.29, 0.717) is 12.1 Å². The summed E-state index contributed by atoms with van der Waals surface area (Å²) in [6.07, 6.45) is 0.329. The van der Waals surface area contributed by atoms with Crippen LogP contribution in [0.4, 0.5) is 0 Å². The zero-order chi connectivity index (χ0) is 13.4. The first-order valence-electron chi connectivity index (χ1n) is 6.66. The molecule has 1 N–H and O–H groups in total. The Morgan fingerprint density at radius 1 is 1.33 bits per heavy atom. The molecular weight excluding hydrogens is 244 g/mol. The van der Waals surface area contributed by atoms with Gasteiger partial charge < -0.3 is 15.0 Å². The quantitative estimate of drug-likeness (QED) is 0.747. The summed E-state index contributed by atoms with van der Waals surface area (Å²) in [5.41, 5.74) is 0. The highest BCUT2D eigenvalue weighted by atomic mass is 32.1. The molecule has 0 radical (unpaired) electrons. The largest absolute Gasteiger partial charge is 0.377 e. The van der Waals surface area contributed by atoms with Gasteiger partial charge in [0.15, 0.2) is 0 Å². The Kier molecular flexibility index (Phi) is 7.51. The van der Waals surface area contributed by atoms with Gasteiger partial charge in [-0.1, -0.05) is 6.07 Å². The van der Waals surface area contributed by atoms with E-state index in [1.165, 1.54) is 4.88 Å². The molecule has 0 aliphatic carbocycles. The van der Waals surface area contributed by atoms with Crippen LogP contribution >= 0.6 is 11.3 Å². The van der Waals surface area contributed by atoms with Crippen molar-refractivity contribution in [1.29, 1.82) is 0 Å². The molecule has 0 saturated heterocycles. The average molecular weight is 270 g/mol. The van der Waals surface area contributed by atoms with E-state index in [9.17, 15) is 0 Å². The topological polar surface area (TPSA) is 24.5 Å². The highest BCUT2D eigenvalue weighted by molar-refractivity contribution is 7.10. The first-order chi connectivity index (χ1) is 8.59. The van der Waals surface area contributed by atoms with Gasteiger partial charge in [0.05, 0.1) is 12.7 Å². The summed E-state index contributed by atoms with van der Waals surface area (Å²) in [5.74, 6) is 0. The minimum Gasteiger partial charge on any atom is -0.377 e. The highest BCUT2D eigenvalue weighted by Crippen LogP contribution is 2.17. The van der Waals surface area contributed by atoms with E-state index in [1.54, 1.807) is 0 Å². The van der Waals surface area contributed by atoms with Gasteiger partial charge in [0.1, 0.15) is 0 Å². The zero-order valence-corrected chi connectivity index (χ0v) is 12.8. The van der Waals surface area contributed by atoms with E-state index in [1.807, 2.05) is 11.3 Å². The van der Waals surface area contributed by atoms with Crippen molar-refractivity contribution in [1.82, 2.24) is 10.2 Å². The second kappa shape index (κ2) is 8.64. The molecule has 1 atom stereocenters. The van der Waals surface area contributed by atoms with Crippen molar-refractivity contribution in [3.63, 3.8) is 0 Å². The monoisotopic (exact) mass is 270 g/mol. The molecule has 1 unspecified atom stereocenters. The van der Waals surface area contributed by atoms with Crippen LogP contribution in [0.1, 0.15) is 31.7 Å². The van der Waals surface area contributed by atoms with Crippen molar-refractivity contribution in [2.24, 2.45) is 0 Å². The second-order valence-corrected chi connectivity index (χ2v) is 5.89. The van der Waals surface area contributed by atoms with Crippen LogP contribution in [-0.4, -0.2) is 44.3 Å². The van der Waals surface area contributed by atoms with Crippen molar-refractivity contribution < 1.29 is 4.74 Å². The van der Waals surface area contributed by atoms with Crippen LogP contribution in [-0.2, 0) is 4.74 Å². The molecule has 0 fully saturated rings. The van der Waals surface area contributed by atoms with Crippen LogP contribution < -0.4 is 5.32 Å². The molecule has 0 saturated carbocycles. The number of hydrogen-bond donors (Lipinski definition) is 1. The molecule has 0 amide bonds. The summed E-state index contributed by atoms with van der Waals surface area (Å²) in [6, 6.07) is 4.74. The summed E-state index contributed by atoms with van der Waals surface area (Å²) < 4.78 is 5.54. The predicted octanol–water partition coefficient (Wildman–Crippen LogP) is 2.76. The number of rotatable bonds is 9. The van der Waals surface area contributed by atoms with E-state index >= 15 is 0 Å². The first kappa shape index (κ1) is 15.6. The lowest BCUT2D eigenvalue weighted by molar-refractivity contribution is 0.0639. The summed E-state index contributed by atoms with van der Waals surface area (Å²) in [7, 11) is 2.14. The molecule has 0 bridgehead atoms. The van der Waals surface area contributed by atoms with E-state index in [2.05, 4.69) is 55.5 Å². The molecule has 0 aliphatic rings. The van der Waals surface area contributed by atoms with Crippen molar-refractivity contribution in [3.05, 3.63) is 22.4 Å². The van der Waals surface area contributed by atoms with Gasteiger partial charge in [0, 0.05) is 30.6 Å². The highest BCUT2D eigenvalue weighted by Gasteiger charge is 2.05. The molecule has 0 aromatic carbocycles. The maximum absolute atomic E-state index is 5.54. The summed E-state index contributed by atoms with van der Waals surface area (Å²) >= 11 is 1.81. The first-order valence-corrected chi connectivity index (χ1v) is 7.54. The number of hydrogen-bond acceptors (Lipinski definition) is 4. The molecule has 18 heavy (non-hydrogen) atoms. The third kappa shape index (κ3) is 6.50. The van der Waals surface area contributed by atoms with Crippen LogP contribution in [0.5, 0.6) is 0 Å². The fourth-order valence-electron chi connectivity index (χ4n) is 1.67. The summed E-state index contributed by atoms with van der Waals surface area (Å²) in [5, 5.41) is 5.67. The Labute approximate surface area is 115 Å². The number of ether oxygens (including phenoxy) is 1. The molecule has 1 aromatic rings.